The predicted octanol–water partition coefficient (Wildman–Crippen LogP) is 7.06. The van der Waals surface area contributed by atoms with Gasteiger partial charge in [0.1, 0.15) is 6.07 Å². The summed E-state index contributed by atoms with van der Waals surface area (Å²) >= 11 is 5.98. The highest BCUT2D eigenvalue weighted by Gasteiger charge is 2.28. The van der Waals surface area contributed by atoms with Gasteiger partial charge < -0.3 is 4.74 Å². The van der Waals surface area contributed by atoms with E-state index in [0.29, 0.717) is 10.6 Å². The zero-order valence-electron chi connectivity index (χ0n) is 17.5. The molecular weight excluding hydrogens is 406 g/mol. The van der Waals surface area contributed by atoms with Crippen LogP contribution in [0.5, 0.6) is 0 Å². The third-order valence-electron chi connectivity index (χ3n) is 4.98. The first-order valence-corrected chi connectivity index (χ1v) is 10.5. The lowest BCUT2D eigenvalue weighted by Gasteiger charge is -2.22. The molecule has 3 aromatic carbocycles. The smallest absolute Gasteiger partial charge is 0.315 e. The van der Waals surface area contributed by atoms with E-state index in [0.717, 1.165) is 16.7 Å². The largest absolute Gasteiger partial charge is 0.441 e. The summed E-state index contributed by atoms with van der Waals surface area (Å²) < 4.78 is 5.65. The van der Waals surface area contributed by atoms with Crippen molar-refractivity contribution in [1.82, 2.24) is 0 Å². The number of nitrogens with zero attached hydrogens (tertiary/aromatic N) is 1. The first kappa shape index (κ1) is 22.3. The fourth-order valence-electron chi connectivity index (χ4n) is 3.40. The van der Waals surface area contributed by atoms with Gasteiger partial charge in [0.25, 0.3) is 0 Å². The van der Waals surface area contributed by atoms with Crippen molar-refractivity contribution in [2.24, 2.45) is 5.92 Å². The molecule has 3 nitrogen and oxygen atoms in total. The summed E-state index contributed by atoms with van der Waals surface area (Å²) in [6.07, 6.45) is 2.99. The average molecular weight is 430 g/mol. The molecule has 0 aliphatic rings. The fourth-order valence-corrected chi connectivity index (χ4v) is 3.53. The summed E-state index contributed by atoms with van der Waals surface area (Å²) in [4.78, 5) is 13.0. The normalized spacial score (nSPS) is 13.0. The Labute approximate surface area is 188 Å². The van der Waals surface area contributed by atoms with Gasteiger partial charge in [-0.15, -0.1) is 0 Å². The number of hydrogen-bond acceptors (Lipinski definition) is 3. The van der Waals surface area contributed by atoms with Crippen molar-refractivity contribution in [2.75, 3.05) is 0 Å². The lowest BCUT2D eigenvalue weighted by atomic mass is 9.88. The highest BCUT2D eigenvalue weighted by atomic mass is 35.5. The summed E-state index contributed by atoms with van der Waals surface area (Å²) in [6, 6.07) is 26.7. The van der Waals surface area contributed by atoms with Crippen LogP contribution in [0.2, 0.25) is 5.02 Å². The van der Waals surface area contributed by atoms with Crippen LogP contribution in [0.25, 0.3) is 12.2 Å². The van der Waals surface area contributed by atoms with Crippen LogP contribution < -0.4 is 0 Å². The molecule has 0 saturated carbocycles. The van der Waals surface area contributed by atoms with Crippen LogP contribution in [0.1, 0.15) is 48.1 Å². The Kier molecular flexibility index (Phi) is 7.65. The van der Waals surface area contributed by atoms with Crippen molar-refractivity contribution in [3.05, 3.63) is 106 Å². The molecule has 0 saturated heterocycles. The summed E-state index contributed by atoms with van der Waals surface area (Å²) in [6.45, 7) is 3.91. The van der Waals surface area contributed by atoms with Crippen molar-refractivity contribution in [3.63, 3.8) is 0 Å². The van der Waals surface area contributed by atoms with Gasteiger partial charge in [-0.2, -0.15) is 5.26 Å². The molecule has 31 heavy (non-hydrogen) atoms. The molecule has 156 valence electrons. The van der Waals surface area contributed by atoms with Gasteiger partial charge in [-0.1, -0.05) is 98.3 Å². The van der Waals surface area contributed by atoms with Gasteiger partial charge in [0.15, 0.2) is 0 Å². The van der Waals surface area contributed by atoms with Gasteiger partial charge in [0.2, 0.25) is 6.10 Å². The van der Waals surface area contributed by atoms with Crippen LogP contribution in [0, 0.1) is 17.2 Å². The van der Waals surface area contributed by atoms with Crippen LogP contribution >= 0.6 is 11.6 Å². The Morgan fingerprint density at radius 3 is 2.19 bits per heavy atom. The number of carbonyl (C=O) groups is 1. The van der Waals surface area contributed by atoms with Crippen LogP contribution in [-0.2, 0) is 9.53 Å². The van der Waals surface area contributed by atoms with Gasteiger partial charge in [-0.3, -0.25) is 4.79 Å². The molecule has 0 N–H and O–H groups in total. The number of rotatable bonds is 7. The molecule has 2 atom stereocenters. The van der Waals surface area contributed by atoms with E-state index in [1.165, 1.54) is 0 Å². The first-order valence-electron chi connectivity index (χ1n) is 10.2. The Balaban J connectivity index is 1.78. The molecule has 3 aromatic rings. The van der Waals surface area contributed by atoms with Crippen LogP contribution in [-0.4, -0.2) is 5.97 Å². The Morgan fingerprint density at radius 2 is 1.55 bits per heavy atom. The molecule has 0 fully saturated rings. The molecule has 0 bridgehead atoms. The highest BCUT2D eigenvalue weighted by molar-refractivity contribution is 6.30. The quantitative estimate of drug-likeness (QED) is 0.298. The molecule has 0 aromatic heterocycles. The number of benzene rings is 3. The molecule has 0 spiro atoms. The molecule has 4 heteroatoms. The summed E-state index contributed by atoms with van der Waals surface area (Å²) in [5, 5.41) is 10.3. The zero-order valence-corrected chi connectivity index (χ0v) is 18.3. The maximum absolute atomic E-state index is 13.0. The maximum Gasteiger partial charge on any atom is 0.315 e. The standard InChI is InChI=1S/C27H24ClNO2/c1-19(2)26(22-13-15-24(28)16-14-22)27(30)31-25(18-29)23-10-6-9-21(17-23)12-11-20-7-4-3-5-8-20/h3-17,19,25-26H,1-2H3/b12-11+. The monoisotopic (exact) mass is 429 g/mol. The third-order valence-corrected chi connectivity index (χ3v) is 5.23. The minimum Gasteiger partial charge on any atom is -0.441 e. The second-order valence-corrected chi connectivity index (χ2v) is 8.07. The lowest BCUT2D eigenvalue weighted by Crippen LogP contribution is -2.22. The van der Waals surface area contributed by atoms with Gasteiger partial charge in [0, 0.05) is 10.6 Å². The summed E-state index contributed by atoms with van der Waals surface area (Å²) in [5.41, 5.74) is 3.47. The molecular formula is C27H24ClNO2. The first-order chi connectivity index (χ1) is 15.0. The van der Waals surface area contributed by atoms with E-state index in [-0.39, 0.29) is 5.92 Å². The van der Waals surface area contributed by atoms with E-state index in [2.05, 4.69) is 6.07 Å². The molecule has 3 rings (SSSR count). The van der Waals surface area contributed by atoms with Crippen LogP contribution in [0.3, 0.4) is 0 Å². The lowest BCUT2D eigenvalue weighted by molar-refractivity contribution is -0.150. The average Bonchev–Trinajstić information content (AvgIpc) is 2.78. The SMILES string of the molecule is CC(C)C(C(=O)OC(C#N)c1cccc(/C=C/c2ccccc2)c1)c1ccc(Cl)cc1. The minimum absolute atomic E-state index is 0.00755. The molecule has 0 heterocycles. The number of halogens is 1. The zero-order chi connectivity index (χ0) is 22.2. The number of carbonyl (C=O) groups excluding carboxylic acids is 1. The number of esters is 1. The second-order valence-electron chi connectivity index (χ2n) is 7.63. The second kappa shape index (κ2) is 10.6. The van der Waals surface area contributed by atoms with Crippen LogP contribution in [0.15, 0.2) is 78.9 Å². The summed E-state index contributed by atoms with van der Waals surface area (Å²) in [7, 11) is 0. The molecule has 0 radical (unpaired) electrons. The third kappa shape index (κ3) is 6.07. The molecule has 0 amide bonds. The maximum atomic E-state index is 13.0. The number of hydrogen-bond donors (Lipinski definition) is 0. The minimum atomic E-state index is -0.980. The van der Waals surface area contributed by atoms with Crippen LogP contribution in [0.4, 0.5) is 0 Å². The van der Waals surface area contributed by atoms with Crippen molar-refractivity contribution >= 4 is 29.7 Å². The topological polar surface area (TPSA) is 50.1 Å². The van der Waals surface area contributed by atoms with Crippen molar-refractivity contribution in [3.8, 4) is 6.07 Å². The fraction of sp³-hybridized carbons (Fsp3) is 0.185. The van der Waals surface area contributed by atoms with Crippen molar-refractivity contribution in [2.45, 2.75) is 25.9 Å². The van der Waals surface area contributed by atoms with Gasteiger partial charge >= 0.3 is 5.97 Å². The van der Waals surface area contributed by atoms with Gasteiger partial charge in [-0.05, 0) is 40.8 Å². The number of nitriles is 1. The highest BCUT2D eigenvalue weighted by Crippen LogP contribution is 2.30. The van der Waals surface area contributed by atoms with E-state index in [1.807, 2.05) is 86.7 Å². The summed E-state index contributed by atoms with van der Waals surface area (Å²) in [5.74, 6) is -0.892. The number of ether oxygens (including phenoxy) is 1. The van der Waals surface area contributed by atoms with Crippen molar-refractivity contribution in [1.29, 1.82) is 5.26 Å². The van der Waals surface area contributed by atoms with E-state index >= 15 is 0 Å². The Bertz CT molecular complexity index is 1080. The Morgan fingerprint density at radius 1 is 0.903 bits per heavy atom. The molecule has 0 aliphatic carbocycles. The van der Waals surface area contributed by atoms with E-state index in [4.69, 9.17) is 16.3 Å². The van der Waals surface area contributed by atoms with Gasteiger partial charge in [-0.25, -0.2) is 0 Å². The van der Waals surface area contributed by atoms with Crippen molar-refractivity contribution < 1.29 is 9.53 Å². The molecule has 0 aliphatic heterocycles. The van der Waals surface area contributed by atoms with E-state index in [1.54, 1.807) is 18.2 Å². The molecule has 2 unspecified atom stereocenters. The van der Waals surface area contributed by atoms with E-state index in [9.17, 15) is 10.1 Å². The predicted molar refractivity (Wildman–Crippen MR) is 125 cm³/mol. The van der Waals surface area contributed by atoms with E-state index < -0.39 is 18.0 Å². The van der Waals surface area contributed by atoms with Gasteiger partial charge in [0.05, 0.1) is 5.92 Å². The Hall–Kier alpha value is -3.35.